The van der Waals surface area contributed by atoms with Crippen LogP contribution in [-0.2, 0) is 6.54 Å². The fourth-order valence-electron chi connectivity index (χ4n) is 2.10. The largest absolute Gasteiger partial charge is 0.461 e. The van der Waals surface area contributed by atoms with E-state index in [4.69, 9.17) is 4.42 Å². The highest BCUT2D eigenvalue weighted by molar-refractivity contribution is 7.14. The van der Waals surface area contributed by atoms with Crippen LogP contribution in [0.25, 0.3) is 0 Å². The van der Waals surface area contributed by atoms with E-state index in [0.29, 0.717) is 22.7 Å². The van der Waals surface area contributed by atoms with E-state index in [2.05, 4.69) is 5.32 Å². The number of ketones is 1. The summed E-state index contributed by atoms with van der Waals surface area (Å²) >= 11 is 1.35. The topological polar surface area (TPSA) is 59.3 Å². The van der Waals surface area contributed by atoms with Crippen molar-refractivity contribution in [3.63, 3.8) is 0 Å². The molecule has 0 fully saturated rings. The molecular formula is C18H15NO3S. The molecule has 0 aliphatic rings. The molecule has 1 N–H and O–H groups in total. The molecule has 0 radical (unpaired) electrons. The first kappa shape index (κ1) is 15.2. The van der Waals surface area contributed by atoms with Crippen molar-refractivity contribution in [3.8, 4) is 0 Å². The molecule has 0 bridgehead atoms. The van der Waals surface area contributed by atoms with Crippen LogP contribution in [0.15, 0.2) is 59.2 Å². The first-order chi connectivity index (χ1) is 11.1. The molecule has 2 aromatic heterocycles. The summed E-state index contributed by atoms with van der Waals surface area (Å²) in [7, 11) is 0. The van der Waals surface area contributed by atoms with Gasteiger partial charge in [0.15, 0.2) is 5.76 Å². The Morgan fingerprint density at radius 2 is 1.87 bits per heavy atom. The smallest absolute Gasteiger partial charge is 0.251 e. The Bertz CT molecular complexity index is 816. The SMILES string of the molecule is Cc1ccc(C(=O)NCc2ccc(C(=O)c3ccco3)s2)cc1. The number of hydrogen-bond acceptors (Lipinski definition) is 4. The third kappa shape index (κ3) is 3.57. The van der Waals surface area contributed by atoms with Gasteiger partial charge in [0.25, 0.3) is 5.91 Å². The Morgan fingerprint density at radius 3 is 2.57 bits per heavy atom. The van der Waals surface area contributed by atoms with E-state index in [-0.39, 0.29) is 11.7 Å². The zero-order valence-electron chi connectivity index (χ0n) is 12.5. The molecule has 3 rings (SSSR count). The maximum atomic E-state index is 12.1. The fourth-order valence-corrected chi connectivity index (χ4v) is 2.99. The molecule has 0 aliphatic heterocycles. The normalized spacial score (nSPS) is 10.5. The molecule has 0 aliphatic carbocycles. The predicted molar refractivity (Wildman–Crippen MR) is 88.8 cm³/mol. The van der Waals surface area contributed by atoms with Crippen molar-refractivity contribution in [2.75, 3.05) is 0 Å². The van der Waals surface area contributed by atoms with Gasteiger partial charge < -0.3 is 9.73 Å². The molecule has 5 heteroatoms. The Labute approximate surface area is 137 Å². The van der Waals surface area contributed by atoms with E-state index in [9.17, 15) is 9.59 Å². The van der Waals surface area contributed by atoms with Gasteiger partial charge in [-0.1, -0.05) is 17.7 Å². The number of carbonyl (C=O) groups excluding carboxylic acids is 2. The van der Waals surface area contributed by atoms with Crippen molar-refractivity contribution in [1.82, 2.24) is 5.32 Å². The minimum Gasteiger partial charge on any atom is -0.461 e. The van der Waals surface area contributed by atoms with Gasteiger partial charge in [-0.05, 0) is 43.3 Å². The fraction of sp³-hybridized carbons (Fsp3) is 0.111. The second-order valence-electron chi connectivity index (χ2n) is 5.12. The Balaban J connectivity index is 1.62. The van der Waals surface area contributed by atoms with Gasteiger partial charge in [-0.25, -0.2) is 0 Å². The predicted octanol–water partition coefficient (Wildman–Crippen LogP) is 3.81. The monoisotopic (exact) mass is 325 g/mol. The Morgan fingerprint density at radius 1 is 1.09 bits per heavy atom. The average molecular weight is 325 g/mol. The van der Waals surface area contributed by atoms with Crippen LogP contribution >= 0.6 is 11.3 Å². The molecule has 2 heterocycles. The lowest BCUT2D eigenvalue weighted by molar-refractivity contribution is 0.0950. The van der Waals surface area contributed by atoms with Gasteiger partial charge >= 0.3 is 0 Å². The quantitative estimate of drug-likeness (QED) is 0.726. The second kappa shape index (κ2) is 6.62. The van der Waals surface area contributed by atoms with Crippen molar-refractivity contribution in [3.05, 3.63) is 81.4 Å². The summed E-state index contributed by atoms with van der Waals surface area (Å²) in [6, 6.07) is 14.3. The van der Waals surface area contributed by atoms with Crippen molar-refractivity contribution in [1.29, 1.82) is 0 Å². The van der Waals surface area contributed by atoms with Crippen LogP contribution in [0.5, 0.6) is 0 Å². The molecule has 23 heavy (non-hydrogen) atoms. The van der Waals surface area contributed by atoms with Crippen LogP contribution < -0.4 is 5.32 Å². The number of thiophene rings is 1. The highest BCUT2D eigenvalue weighted by Gasteiger charge is 2.14. The van der Waals surface area contributed by atoms with Gasteiger partial charge in [0, 0.05) is 10.4 Å². The van der Waals surface area contributed by atoms with Gasteiger partial charge in [0.05, 0.1) is 17.7 Å². The summed E-state index contributed by atoms with van der Waals surface area (Å²) in [5.74, 6) is 0.0514. The number of amides is 1. The van der Waals surface area contributed by atoms with Gasteiger partial charge in [-0.15, -0.1) is 11.3 Å². The van der Waals surface area contributed by atoms with Crippen molar-refractivity contribution in [2.24, 2.45) is 0 Å². The first-order valence-corrected chi connectivity index (χ1v) is 7.97. The van der Waals surface area contributed by atoms with E-state index in [1.807, 2.05) is 25.1 Å². The lowest BCUT2D eigenvalue weighted by atomic mass is 10.1. The second-order valence-corrected chi connectivity index (χ2v) is 6.29. The maximum Gasteiger partial charge on any atom is 0.251 e. The molecule has 3 aromatic rings. The lowest BCUT2D eigenvalue weighted by Crippen LogP contribution is -2.22. The van der Waals surface area contributed by atoms with Crippen LogP contribution in [-0.4, -0.2) is 11.7 Å². The molecule has 1 amide bonds. The molecular weight excluding hydrogens is 310 g/mol. The van der Waals surface area contributed by atoms with Crippen LogP contribution in [0.2, 0.25) is 0 Å². The Hall–Kier alpha value is -2.66. The van der Waals surface area contributed by atoms with Gasteiger partial charge in [0.2, 0.25) is 5.78 Å². The minimum atomic E-state index is -0.142. The number of nitrogens with one attached hydrogen (secondary N) is 1. The van der Waals surface area contributed by atoms with Crippen molar-refractivity contribution < 1.29 is 14.0 Å². The zero-order chi connectivity index (χ0) is 16.2. The van der Waals surface area contributed by atoms with Gasteiger partial charge in [-0.2, -0.15) is 0 Å². The Kier molecular flexibility index (Phi) is 4.39. The average Bonchev–Trinajstić information content (AvgIpc) is 3.24. The highest BCUT2D eigenvalue weighted by Crippen LogP contribution is 2.20. The standard InChI is InChI=1S/C18H15NO3S/c1-12-4-6-13(7-5-12)18(21)19-11-14-8-9-16(23-14)17(20)15-3-2-10-22-15/h2-10H,11H2,1H3,(H,19,21). The van der Waals surface area contributed by atoms with E-state index >= 15 is 0 Å². The van der Waals surface area contributed by atoms with E-state index in [1.54, 1.807) is 30.3 Å². The summed E-state index contributed by atoms with van der Waals surface area (Å²) < 4.78 is 5.11. The van der Waals surface area contributed by atoms with Crippen LogP contribution in [0, 0.1) is 6.92 Å². The molecule has 0 spiro atoms. The summed E-state index contributed by atoms with van der Waals surface area (Å²) in [5.41, 5.74) is 1.74. The number of furan rings is 1. The molecule has 116 valence electrons. The number of aryl methyl sites for hydroxylation is 1. The van der Waals surface area contributed by atoms with Crippen molar-refractivity contribution >= 4 is 23.0 Å². The highest BCUT2D eigenvalue weighted by atomic mass is 32.1. The van der Waals surface area contributed by atoms with Crippen LogP contribution in [0.4, 0.5) is 0 Å². The molecule has 0 saturated heterocycles. The lowest BCUT2D eigenvalue weighted by Gasteiger charge is -2.04. The summed E-state index contributed by atoms with van der Waals surface area (Å²) in [6.07, 6.45) is 1.48. The van der Waals surface area contributed by atoms with Crippen molar-refractivity contribution in [2.45, 2.75) is 13.5 Å². The molecule has 0 unspecified atom stereocenters. The summed E-state index contributed by atoms with van der Waals surface area (Å²) in [5, 5.41) is 2.86. The number of rotatable bonds is 5. The van der Waals surface area contributed by atoms with Crippen LogP contribution in [0.3, 0.4) is 0 Å². The van der Waals surface area contributed by atoms with E-state index < -0.39 is 0 Å². The van der Waals surface area contributed by atoms with Crippen LogP contribution in [0.1, 0.15) is 36.2 Å². The first-order valence-electron chi connectivity index (χ1n) is 7.15. The third-order valence-corrected chi connectivity index (χ3v) is 4.45. The molecule has 0 saturated carbocycles. The van der Waals surface area contributed by atoms with E-state index in [1.165, 1.54) is 17.6 Å². The number of benzene rings is 1. The zero-order valence-corrected chi connectivity index (χ0v) is 13.4. The van der Waals surface area contributed by atoms with Gasteiger partial charge in [0.1, 0.15) is 0 Å². The number of hydrogen-bond donors (Lipinski definition) is 1. The van der Waals surface area contributed by atoms with E-state index in [0.717, 1.165) is 10.4 Å². The molecule has 0 atom stereocenters. The molecule has 4 nitrogen and oxygen atoms in total. The maximum absolute atomic E-state index is 12.1. The number of carbonyl (C=O) groups is 2. The van der Waals surface area contributed by atoms with Gasteiger partial charge in [-0.3, -0.25) is 9.59 Å². The summed E-state index contributed by atoms with van der Waals surface area (Å²) in [4.78, 5) is 25.7. The minimum absolute atomic E-state index is 0.127. The third-order valence-electron chi connectivity index (χ3n) is 3.37. The molecule has 1 aromatic carbocycles. The summed E-state index contributed by atoms with van der Waals surface area (Å²) in [6.45, 7) is 2.37.